The molecule has 3 heteroatoms. The Kier molecular flexibility index (Phi) is 3.49. The molecular weight excluding hydrogens is 341 g/mol. The number of nitrogens with one attached hydrogen (secondary N) is 1. The van der Waals surface area contributed by atoms with E-state index in [4.69, 9.17) is 0 Å². The summed E-state index contributed by atoms with van der Waals surface area (Å²) in [6.45, 7) is 1.11. The lowest BCUT2D eigenvalue weighted by Gasteiger charge is -2.24. The van der Waals surface area contributed by atoms with Crippen molar-refractivity contribution in [2.24, 2.45) is 0 Å². The molecule has 1 N–H and O–H groups in total. The van der Waals surface area contributed by atoms with E-state index in [-0.39, 0.29) is 0 Å². The van der Waals surface area contributed by atoms with Crippen LogP contribution in [0.5, 0.6) is 0 Å². The maximum atomic E-state index is 3.64. The molecule has 0 fully saturated rings. The van der Waals surface area contributed by atoms with Gasteiger partial charge in [-0.3, -0.25) is 0 Å². The highest BCUT2D eigenvalue weighted by atomic mass is 127. The summed E-state index contributed by atoms with van der Waals surface area (Å²) in [5, 5.41) is 5.86. The molecular formula is C14H14INS. The Morgan fingerprint density at radius 1 is 1.35 bits per heavy atom. The van der Waals surface area contributed by atoms with Crippen molar-refractivity contribution >= 4 is 33.9 Å². The molecule has 1 aromatic heterocycles. The third-order valence-corrected chi connectivity index (χ3v) is 4.95. The van der Waals surface area contributed by atoms with Crippen molar-refractivity contribution in [3.8, 4) is 0 Å². The van der Waals surface area contributed by atoms with E-state index < -0.39 is 0 Å². The van der Waals surface area contributed by atoms with Gasteiger partial charge in [-0.1, -0.05) is 12.1 Å². The predicted molar refractivity (Wildman–Crippen MR) is 81.6 cm³/mol. The summed E-state index contributed by atoms with van der Waals surface area (Å²) in [6.07, 6.45) is 2.28. The van der Waals surface area contributed by atoms with Crippen LogP contribution in [-0.2, 0) is 12.8 Å². The maximum absolute atomic E-state index is 3.64. The highest BCUT2D eigenvalue weighted by molar-refractivity contribution is 14.1. The predicted octanol–water partition coefficient (Wildman–Crippen LogP) is 3.78. The zero-order chi connectivity index (χ0) is 11.7. The molecule has 2 heterocycles. The van der Waals surface area contributed by atoms with Gasteiger partial charge in [0.1, 0.15) is 0 Å². The number of fused-ring (bicyclic) bond motifs is 1. The number of benzene rings is 1. The molecule has 0 amide bonds. The number of hydrogen-bond donors (Lipinski definition) is 1. The van der Waals surface area contributed by atoms with Gasteiger partial charge < -0.3 is 5.32 Å². The normalized spacial score (nSPS) is 19.0. The Bertz CT molecular complexity index is 520. The molecule has 0 aliphatic carbocycles. The lowest BCUT2D eigenvalue weighted by molar-refractivity contribution is 0.512. The summed E-state index contributed by atoms with van der Waals surface area (Å²) in [5.74, 6) is 0. The number of hydrogen-bond acceptors (Lipinski definition) is 2. The summed E-state index contributed by atoms with van der Waals surface area (Å²) in [5.41, 5.74) is 2.97. The standard InChI is InChI=1S/C14H14INS/c15-12-3-1-2-10(8-12)9-13-14-11(4-6-16-13)5-7-17-14/h1-3,5,7-8,13,16H,4,6,9H2/t13-/m1/s1. The summed E-state index contributed by atoms with van der Waals surface area (Å²) >= 11 is 4.27. The van der Waals surface area contributed by atoms with Gasteiger partial charge in [-0.25, -0.2) is 0 Å². The number of rotatable bonds is 2. The highest BCUT2D eigenvalue weighted by Gasteiger charge is 2.20. The van der Waals surface area contributed by atoms with Crippen LogP contribution in [0.15, 0.2) is 35.7 Å². The Morgan fingerprint density at radius 3 is 3.18 bits per heavy atom. The van der Waals surface area contributed by atoms with Crippen LogP contribution < -0.4 is 5.32 Å². The van der Waals surface area contributed by atoms with Crippen molar-refractivity contribution in [1.82, 2.24) is 5.32 Å². The first-order valence-corrected chi connectivity index (χ1v) is 7.83. The van der Waals surface area contributed by atoms with Crippen molar-refractivity contribution in [2.75, 3.05) is 6.54 Å². The zero-order valence-electron chi connectivity index (χ0n) is 9.45. The van der Waals surface area contributed by atoms with Gasteiger partial charge >= 0.3 is 0 Å². The second kappa shape index (κ2) is 5.08. The Balaban J connectivity index is 1.84. The van der Waals surface area contributed by atoms with Crippen molar-refractivity contribution in [2.45, 2.75) is 18.9 Å². The van der Waals surface area contributed by atoms with E-state index in [1.54, 1.807) is 5.56 Å². The second-order valence-electron chi connectivity index (χ2n) is 4.40. The van der Waals surface area contributed by atoms with E-state index in [0.29, 0.717) is 6.04 Å². The quantitative estimate of drug-likeness (QED) is 0.809. The Hall–Kier alpha value is -0.390. The van der Waals surface area contributed by atoms with Crippen molar-refractivity contribution in [3.05, 3.63) is 55.3 Å². The second-order valence-corrected chi connectivity index (χ2v) is 6.59. The SMILES string of the molecule is Ic1cccc(C[C@H]2NCCc3ccsc32)c1. The minimum Gasteiger partial charge on any atom is -0.309 e. The van der Waals surface area contributed by atoms with E-state index in [2.05, 4.69) is 63.6 Å². The van der Waals surface area contributed by atoms with Crippen LogP contribution in [0.3, 0.4) is 0 Å². The van der Waals surface area contributed by atoms with Crippen LogP contribution in [0.25, 0.3) is 0 Å². The van der Waals surface area contributed by atoms with Crippen LogP contribution in [0.2, 0.25) is 0 Å². The average molecular weight is 355 g/mol. The largest absolute Gasteiger partial charge is 0.309 e. The molecule has 3 rings (SSSR count). The van der Waals surface area contributed by atoms with Gasteiger partial charge in [-0.15, -0.1) is 11.3 Å². The lowest BCUT2D eigenvalue weighted by Crippen LogP contribution is -2.29. The van der Waals surface area contributed by atoms with Gasteiger partial charge in [-0.2, -0.15) is 0 Å². The van der Waals surface area contributed by atoms with E-state index >= 15 is 0 Å². The Labute approximate surface area is 119 Å². The minimum atomic E-state index is 0.511. The van der Waals surface area contributed by atoms with Gasteiger partial charge in [0.15, 0.2) is 0 Å². The molecule has 1 aliphatic rings. The van der Waals surface area contributed by atoms with E-state index in [1.165, 1.54) is 20.4 Å². The fourth-order valence-electron chi connectivity index (χ4n) is 2.40. The van der Waals surface area contributed by atoms with Crippen molar-refractivity contribution < 1.29 is 0 Å². The lowest BCUT2D eigenvalue weighted by atomic mass is 9.98. The first-order valence-electron chi connectivity index (χ1n) is 5.87. The molecule has 0 radical (unpaired) electrons. The van der Waals surface area contributed by atoms with Crippen molar-refractivity contribution in [3.63, 3.8) is 0 Å². The summed E-state index contributed by atoms with van der Waals surface area (Å²) in [4.78, 5) is 1.54. The van der Waals surface area contributed by atoms with Crippen LogP contribution in [-0.4, -0.2) is 6.54 Å². The molecule has 1 nitrogen and oxygen atoms in total. The summed E-state index contributed by atoms with van der Waals surface area (Å²) in [6, 6.07) is 11.6. The highest BCUT2D eigenvalue weighted by Crippen LogP contribution is 2.30. The van der Waals surface area contributed by atoms with Crippen molar-refractivity contribution in [1.29, 1.82) is 0 Å². The van der Waals surface area contributed by atoms with Crippen LogP contribution in [0.1, 0.15) is 22.0 Å². The topological polar surface area (TPSA) is 12.0 Å². The monoisotopic (exact) mass is 355 g/mol. The smallest absolute Gasteiger partial charge is 0.0458 e. The molecule has 0 spiro atoms. The van der Waals surface area contributed by atoms with Gasteiger partial charge in [0.25, 0.3) is 0 Å². The third-order valence-electron chi connectivity index (χ3n) is 3.21. The molecule has 17 heavy (non-hydrogen) atoms. The third kappa shape index (κ3) is 2.56. The molecule has 0 bridgehead atoms. The van der Waals surface area contributed by atoms with Crippen LogP contribution in [0, 0.1) is 3.57 Å². The molecule has 0 saturated heterocycles. The maximum Gasteiger partial charge on any atom is 0.0458 e. The van der Waals surface area contributed by atoms with Gasteiger partial charge in [0.05, 0.1) is 0 Å². The number of halogens is 1. The molecule has 1 atom stereocenters. The summed E-state index contributed by atoms with van der Waals surface area (Å²) in [7, 11) is 0. The Morgan fingerprint density at radius 2 is 2.29 bits per heavy atom. The first-order chi connectivity index (χ1) is 8.33. The molecule has 1 aromatic carbocycles. The molecule has 88 valence electrons. The van der Waals surface area contributed by atoms with Crippen LogP contribution in [0.4, 0.5) is 0 Å². The first kappa shape index (κ1) is 11.7. The fourth-order valence-corrected chi connectivity index (χ4v) is 4.04. The fraction of sp³-hybridized carbons (Fsp3) is 0.286. The van der Waals surface area contributed by atoms with Gasteiger partial charge in [0.2, 0.25) is 0 Å². The van der Waals surface area contributed by atoms with Crippen LogP contribution >= 0.6 is 33.9 Å². The van der Waals surface area contributed by atoms with Gasteiger partial charge in [0, 0.05) is 14.5 Å². The zero-order valence-corrected chi connectivity index (χ0v) is 12.4. The number of thiophene rings is 1. The van der Waals surface area contributed by atoms with E-state index in [9.17, 15) is 0 Å². The molecule has 0 saturated carbocycles. The average Bonchev–Trinajstić information content (AvgIpc) is 2.78. The minimum absolute atomic E-state index is 0.511. The molecule has 0 unspecified atom stereocenters. The molecule has 1 aliphatic heterocycles. The van der Waals surface area contributed by atoms with E-state index in [0.717, 1.165) is 13.0 Å². The summed E-state index contributed by atoms with van der Waals surface area (Å²) < 4.78 is 1.32. The van der Waals surface area contributed by atoms with Gasteiger partial charge in [-0.05, 0) is 76.7 Å². The molecule has 2 aromatic rings. The van der Waals surface area contributed by atoms with E-state index in [1.807, 2.05) is 11.3 Å².